The Bertz CT molecular complexity index is 312. The molecule has 0 radical (unpaired) electrons. The van der Waals surface area contributed by atoms with Crippen LogP contribution >= 0.6 is 0 Å². The Hall–Kier alpha value is -0.980. The molecule has 18 heavy (non-hydrogen) atoms. The van der Waals surface area contributed by atoms with Crippen LogP contribution in [0.25, 0.3) is 0 Å². The summed E-state index contributed by atoms with van der Waals surface area (Å²) in [4.78, 5) is 13.0. The summed E-state index contributed by atoms with van der Waals surface area (Å²) in [6.07, 6.45) is -6.15. The molecule has 0 aliphatic carbocycles. The summed E-state index contributed by atoms with van der Waals surface area (Å²) in [5.74, 6) is 0. The standard InChI is InChI=1S/C11H18F3NO3/c1-7-5-8(17-11(12,13)14)6-15(7)9(16)18-10(2,3)4/h7-8H,5-6H2,1-4H3/t7-,8-/m0/s1. The Balaban J connectivity index is 2.57. The first kappa shape index (κ1) is 15.1. The number of carbonyl (C=O) groups is 1. The smallest absolute Gasteiger partial charge is 0.444 e. The van der Waals surface area contributed by atoms with Crippen LogP contribution in [0.5, 0.6) is 0 Å². The van der Waals surface area contributed by atoms with Crippen molar-refractivity contribution in [1.82, 2.24) is 4.90 Å². The maximum Gasteiger partial charge on any atom is 0.522 e. The lowest BCUT2D eigenvalue weighted by Crippen LogP contribution is -2.39. The minimum absolute atomic E-state index is 0.102. The van der Waals surface area contributed by atoms with Gasteiger partial charge in [0, 0.05) is 6.04 Å². The van der Waals surface area contributed by atoms with E-state index in [1.165, 1.54) is 4.90 Å². The van der Waals surface area contributed by atoms with Crippen LogP contribution < -0.4 is 0 Å². The molecule has 1 amide bonds. The number of ether oxygens (including phenoxy) is 2. The number of hydrogen-bond acceptors (Lipinski definition) is 3. The molecule has 106 valence electrons. The fourth-order valence-electron chi connectivity index (χ4n) is 1.83. The van der Waals surface area contributed by atoms with Crippen molar-refractivity contribution < 1.29 is 27.4 Å². The summed E-state index contributed by atoms with van der Waals surface area (Å²) in [7, 11) is 0. The molecular weight excluding hydrogens is 251 g/mol. The third-order valence-corrected chi connectivity index (χ3v) is 2.46. The van der Waals surface area contributed by atoms with Crippen molar-refractivity contribution in [3.8, 4) is 0 Å². The van der Waals surface area contributed by atoms with Gasteiger partial charge in [0.25, 0.3) is 0 Å². The monoisotopic (exact) mass is 269 g/mol. The lowest BCUT2D eigenvalue weighted by atomic mass is 10.2. The summed E-state index contributed by atoms with van der Waals surface area (Å²) < 4.78 is 45.3. The fraction of sp³-hybridized carbons (Fsp3) is 0.909. The molecule has 1 saturated heterocycles. The van der Waals surface area contributed by atoms with E-state index in [1.807, 2.05) is 0 Å². The first-order valence-corrected chi connectivity index (χ1v) is 5.72. The molecule has 0 bridgehead atoms. The lowest BCUT2D eigenvalue weighted by molar-refractivity contribution is -0.340. The first-order chi connectivity index (χ1) is 7.98. The Morgan fingerprint density at radius 1 is 1.28 bits per heavy atom. The first-order valence-electron chi connectivity index (χ1n) is 5.72. The molecule has 0 aromatic heterocycles. The largest absolute Gasteiger partial charge is 0.522 e. The van der Waals surface area contributed by atoms with Crippen molar-refractivity contribution in [2.45, 2.75) is 58.2 Å². The summed E-state index contributed by atoms with van der Waals surface area (Å²) in [5.41, 5.74) is -0.667. The summed E-state index contributed by atoms with van der Waals surface area (Å²) in [6.45, 7) is 6.68. The molecule has 0 spiro atoms. The number of likely N-dealkylation sites (tertiary alicyclic amines) is 1. The molecule has 1 heterocycles. The zero-order valence-electron chi connectivity index (χ0n) is 10.9. The summed E-state index contributed by atoms with van der Waals surface area (Å²) >= 11 is 0. The van der Waals surface area contributed by atoms with Crippen LogP contribution in [0.15, 0.2) is 0 Å². The molecule has 0 saturated carbocycles. The third-order valence-electron chi connectivity index (χ3n) is 2.46. The van der Waals surface area contributed by atoms with Gasteiger partial charge in [0.05, 0.1) is 12.6 Å². The number of nitrogens with zero attached hydrogens (tertiary/aromatic N) is 1. The van der Waals surface area contributed by atoms with Gasteiger partial charge < -0.3 is 9.64 Å². The molecule has 1 rings (SSSR count). The van der Waals surface area contributed by atoms with Crippen molar-refractivity contribution in [3.63, 3.8) is 0 Å². The van der Waals surface area contributed by atoms with E-state index in [0.717, 1.165) is 0 Å². The second kappa shape index (κ2) is 4.95. The predicted octanol–water partition coefficient (Wildman–Crippen LogP) is 2.92. The van der Waals surface area contributed by atoms with E-state index >= 15 is 0 Å². The molecule has 1 aliphatic heterocycles. The van der Waals surface area contributed by atoms with Gasteiger partial charge in [-0.3, -0.25) is 4.74 Å². The van der Waals surface area contributed by atoms with Gasteiger partial charge in [-0.2, -0.15) is 0 Å². The molecule has 7 heteroatoms. The van der Waals surface area contributed by atoms with Crippen molar-refractivity contribution in [2.75, 3.05) is 6.54 Å². The highest BCUT2D eigenvalue weighted by molar-refractivity contribution is 5.69. The number of amides is 1. The molecule has 1 aliphatic rings. The highest BCUT2D eigenvalue weighted by Crippen LogP contribution is 2.28. The second-order valence-electron chi connectivity index (χ2n) is 5.40. The Kier molecular flexibility index (Phi) is 4.15. The van der Waals surface area contributed by atoms with Gasteiger partial charge in [-0.1, -0.05) is 0 Å². The Labute approximate surface area is 104 Å². The van der Waals surface area contributed by atoms with Gasteiger partial charge in [0.15, 0.2) is 0 Å². The SMILES string of the molecule is C[C@H]1C[C@H](OC(F)(F)F)CN1C(=O)OC(C)(C)C. The predicted molar refractivity (Wildman–Crippen MR) is 57.9 cm³/mol. The van der Waals surface area contributed by atoms with Crippen LogP contribution in [0, 0.1) is 0 Å². The highest BCUT2D eigenvalue weighted by atomic mass is 19.4. The van der Waals surface area contributed by atoms with Crippen LogP contribution in [0.1, 0.15) is 34.1 Å². The van der Waals surface area contributed by atoms with E-state index in [9.17, 15) is 18.0 Å². The van der Waals surface area contributed by atoms with Crippen LogP contribution in [-0.2, 0) is 9.47 Å². The quantitative estimate of drug-likeness (QED) is 0.734. The van der Waals surface area contributed by atoms with E-state index in [1.54, 1.807) is 27.7 Å². The van der Waals surface area contributed by atoms with Gasteiger partial charge in [-0.05, 0) is 34.1 Å². The van der Waals surface area contributed by atoms with E-state index in [4.69, 9.17) is 4.74 Å². The molecule has 0 N–H and O–H groups in total. The number of rotatable bonds is 1. The van der Waals surface area contributed by atoms with E-state index in [-0.39, 0.29) is 19.0 Å². The van der Waals surface area contributed by atoms with Crippen LogP contribution in [0.3, 0.4) is 0 Å². The van der Waals surface area contributed by atoms with Crippen molar-refractivity contribution in [3.05, 3.63) is 0 Å². The molecule has 0 unspecified atom stereocenters. The maximum atomic E-state index is 12.1. The Morgan fingerprint density at radius 2 is 1.83 bits per heavy atom. The number of carbonyl (C=O) groups excluding carboxylic acids is 1. The average molecular weight is 269 g/mol. The van der Waals surface area contributed by atoms with Gasteiger partial charge >= 0.3 is 12.5 Å². The van der Waals surface area contributed by atoms with Crippen molar-refractivity contribution in [2.24, 2.45) is 0 Å². The zero-order chi connectivity index (χ0) is 14.1. The summed E-state index contributed by atoms with van der Waals surface area (Å²) in [5, 5.41) is 0. The number of alkyl halides is 3. The minimum Gasteiger partial charge on any atom is -0.444 e. The number of halogens is 3. The van der Waals surface area contributed by atoms with Crippen LogP contribution in [-0.4, -0.2) is 41.6 Å². The average Bonchev–Trinajstić information content (AvgIpc) is 2.39. The van der Waals surface area contributed by atoms with Gasteiger partial charge in [0.1, 0.15) is 5.60 Å². The normalized spacial score (nSPS) is 25.4. The minimum atomic E-state index is -4.67. The van der Waals surface area contributed by atoms with Gasteiger partial charge in [-0.25, -0.2) is 4.79 Å². The van der Waals surface area contributed by atoms with Crippen LogP contribution in [0.4, 0.5) is 18.0 Å². The molecular formula is C11H18F3NO3. The van der Waals surface area contributed by atoms with E-state index < -0.39 is 24.2 Å². The van der Waals surface area contributed by atoms with Gasteiger partial charge in [0.2, 0.25) is 0 Å². The van der Waals surface area contributed by atoms with E-state index in [0.29, 0.717) is 0 Å². The molecule has 0 aromatic carbocycles. The van der Waals surface area contributed by atoms with Crippen molar-refractivity contribution in [1.29, 1.82) is 0 Å². The van der Waals surface area contributed by atoms with Crippen LogP contribution in [0.2, 0.25) is 0 Å². The zero-order valence-corrected chi connectivity index (χ0v) is 10.9. The molecule has 4 nitrogen and oxygen atoms in total. The maximum absolute atomic E-state index is 12.1. The summed E-state index contributed by atoms with van der Waals surface area (Å²) in [6, 6.07) is -0.327. The highest BCUT2D eigenvalue weighted by Gasteiger charge is 2.41. The van der Waals surface area contributed by atoms with Crippen molar-refractivity contribution >= 4 is 6.09 Å². The fourth-order valence-corrected chi connectivity index (χ4v) is 1.83. The topological polar surface area (TPSA) is 38.8 Å². The van der Waals surface area contributed by atoms with E-state index in [2.05, 4.69) is 4.74 Å². The second-order valence-corrected chi connectivity index (χ2v) is 5.40. The Morgan fingerprint density at radius 3 is 2.28 bits per heavy atom. The molecule has 1 fully saturated rings. The number of hydrogen-bond donors (Lipinski definition) is 0. The molecule has 0 aromatic rings. The molecule has 2 atom stereocenters. The van der Waals surface area contributed by atoms with Gasteiger partial charge in [-0.15, -0.1) is 13.2 Å². The third kappa shape index (κ3) is 4.72. The lowest BCUT2D eigenvalue weighted by Gasteiger charge is -2.26.